The van der Waals surface area contributed by atoms with Crippen molar-refractivity contribution in [1.29, 1.82) is 0 Å². The van der Waals surface area contributed by atoms with Gasteiger partial charge in [-0.05, 0) is 45.1 Å². The van der Waals surface area contributed by atoms with Crippen LogP contribution >= 0.6 is 0 Å². The van der Waals surface area contributed by atoms with E-state index in [1.807, 2.05) is 0 Å². The third kappa shape index (κ3) is 6.16. The fourth-order valence-corrected chi connectivity index (χ4v) is 2.47. The maximum Gasteiger partial charge on any atom is 0.0431 e. The van der Waals surface area contributed by atoms with E-state index in [9.17, 15) is 0 Å². The van der Waals surface area contributed by atoms with Crippen molar-refractivity contribution in [2.24, 2.45) is 5.92 Å². The molecule has 15 heavy (non-hydrogen) atoms. The monoisotopic (exact) mass is 213 g/mol. The molecular formula is C13H27NO. The summed E-state index contributed by atoms with van der Waals surface area (Å²) in [6.45, 7) is 3.68. The van der Waals surface area contributed by atoms with E-state index in [0.29, 0.717) is 12.6 Å². The van der Waals surface area contributed by atoms with Crippen molar-refractivity contribution in [3.05, 3.63) is 0 Å². The molecule has 0 aromatic heterocycles. The van der Waals surface area contributed by atoms with Crippen molar-refractivity contribution in [3.8, 4) is 0 Å². The van der Waals surface area contributed by atoms with Gasteiger partial charge in [-0.3, -0.25) is 0 Å². The first-order chi connectivity index (χ1) is 7.33. The standard InChI is InChI=1S/C13H27NO/c1-12(14-10-4-5-11-15)8-9-13-6-2-3-7-13/h12-15H,2-11H2,1H3/t12-/m1/s1. The van der Waals surface area contributed by atoms with Gasteiger partial charge in [0.25, 0.3) is 0 Å². The maximum absolute atomic E-state index is 8.65. The predicted molar refractivity (Wildman–Crippen MR) is 65.0 cm³/mol. The van der Waals surface area contributed by atoms with Crippen LogP contribution in [-0.4, -0.2) is 24.3 Å². The van der Waals surface area contributed by atoms with Crippen LogP contribution in [0.3, 0.4) is 0 Å². The number of nitrogens with one attached hydrogen (secondary N) is 1. The molecule has 0 aromatic rings. The average Bonchev–Trinajstić information content (AvgIpc) is 2.74. The Kier molecular flexibility index (Phi) is 7.03. The number of hydrogen-bond donors (Lipinski definition) is 2. The van der Waals surface area contributed by atoms with Crippen LogP contribution in [0.15, 0.2) is 0 Å². The third-order valence-electron chi connectivity index (χ3n) is 3.56. The van der Waals surface area contributed by atoms with Gasteiger partial charge in [0.1, 0.15) is 0 Å². The van der Waals surface area contributed by atoms with E-state index >= 15 is 0 Å². The number of aliphatic hydroxyl groups is 1. The predicted octanol–water partition coefficient (Wildman–Crippen LogP) is 2.71. The molecule has 0 unspecified atom stereocenters. The summed E-state index contributed by atoms with van der Waals surface area (Å²) < 4.78 is 0. The zero-order chi connectivity index (χ0) is 10.9. The first-order valence-electron chi connectivity index (χ1n) is 6.67. The lowest BCUT2D eigenvalue weighted by atomic mass is 9.99. The quantitative estimate of drug-likeness (QED) is 0.608. The van der Waals surface area contributed by atoms with Crippen LogP contribution < -0.4 is 5.32 Å². The Morgan fingerprint density at radius 3 is 2.67 bits per heavy atom. The van der Waals surface area contributed by atoms with Crippen LogP contribution in [0, 0.1) is 5.92 Å². The van der Waals surface area contributed by atoms with Crippen molar-refractivity contribution in [2.45, 2.75) is 64.3 Å². The first kappa shape index (κ1) is 13.0. The second-order valence-corrected chi connectivity index (χ2v) is 5.01. The molecule has 0 heterocycles. The molecule has 0 saturated heterocycles. The summed E-state index contributed by atoms with van der Waals surface area (Å²) >= 11 is 0. The van der Waals surface area contributed by atoms with Crippen LogP contribution in [0.4, 0.5) is 0 Å². The highest BCUT2D eigenvalue weighted by molar-refractivity contribution is 4.70. The summed E-state index contributed by atoms with van der Waals surface area (Å²) in [5, 5.41) is 12.2. The van der Waals surface area contributed by atoms with Gasteiger partial charge in [-0.1, -0.05) is 25.7 Å². The minimum atomic E-state index is 0.331. The van der Waals surface area contributed by atoms with Gasteiger partial charge in [0.2, 0.25) is 0 Å². The van der Waals surface area contributed by atoms with Crippen molar-refractivity contribution >= 4 is 0 Å². The molecule has 0 bridgehead atoms. The van der Waals surface area contributed by atoms with Crippen LogP contribution in [0.2, 0.25) is 0 Å². The highest BCUT2D eigenvalue weighted by Gasteiger charge is 2.15. The molecule has 2 heteroatoms. The van der Waals surface area contributed by atoms with Crippen LogP contribution in [0.5, 0.6) is 0 Å². The Bertz CT molecular complexity index is 143. The fraction of sp³-hybridized carbons (Fsp3) is 1.00. The number of unbranched alkanes of at least 4 members (excludes halogenated alkanes) is 1. The molecule has 1 rings (SSSR count). The van der Waals surface area contributed by atoms with Gasteiger partial charge in [-0.2, -0.15) is 0 Å². The normalized spacial score (nSPS) is 19.6. The van der Waals surface area contributed by atoms with E-state index in [0.717, 1.165) is 25.3 Å². The topological polar surface area (TPSA) is 32.3 Å². The maximum atomic E-state index is 8.65. The molecule has 1 aliphatic rings. The molecule has 2 nitrogen and oxygen atoms in total. The summed E-state index contributed by atoms with van der Waals surface area (Å²) in [5.74, 6) is 1.02. The Morgan fingerprint density at radius 1 is 1.27 bits per heavy atom. The molecule has 0 spiro atoms. The molecule has 1 saturated carbocycles. The highest BCUT2D eigenvalue weighted by atomic mass is 16.2. The van der Waals surface area contributed by atoms with Gasteiger partial charge >= 0.3 is 0 Å². The lowest BCUT2D eigenvalue weighted by Gasteiger charge is -2.16. The number of hydrogen-bond acceptors (Lipinski definition) is 2. The molecule has 2 N–H and O–H groups in total. The second-order valence-electron chi connectivity index (χ2n) is 5.01. The van der Waals surface area contributed by atoms with E-state index in [-0.39, 0.29) is 0 Å². The highest BCUT2D eigenvalue weighted by Crippen LogP contribution is 2.28. The average molecular weight is 213 g/mol. The molecule has 0 radical (unpaired) electrons. The first-order valence-corrected chi connectivity index (χ1v) is 6.67. The summed E-state index contributed by atoms with van der Waals surface area (Å²) in [7, 11) is 0. The summed E-state index contributed by atoms with van der Waals surface area (Å²) in [6, 6.07) is 0.657. The zero-order valence-corrected chi connectivity index (χ0v) is 10.2. The SMILES string of the molecule is C[C@H](CCC1CCCC1)NCCCCO. The molecule has 1 fully saturated rings. The zero-order valence-electron chi connectivity index (χ0n) is 10.2. The molecule has 0 aromatic carbocycles. The van der Waals surface area contributed by atoms with Crippen molar-refractivity contribution in [2.75, 3.05) is 13.2 Å². The number of rotatable bonds is 8. The Labute approximate surface area is 94.5 Å². The lowest BCUT2D eigenvalue weighted by Crippen LogP contribution is -2.27. The summed E-state index contributed by atoms with van der Waals surface area (Å²) in [6.07, 6.45) is 10.6. The van der Waals surface area contributed by atoms with Gasteiger partial charge in [0.15, 0.2) is 0 Å². The fourth-order valence-electron chi connectivity index (χ4n) is 2.47. The van der Waals surface area contributed by atoms with Crippen molar-refractivity contribution in [1.82, 2.24) is 5.32 Å². The van der Waals surface area contributed by atoms with Crippen LogP contribution in [-0.2, 0) is 0 Å². The van der Waals surface area contributed by atoms with Gasteiger partial charge in [-0.25, -0.2) is 0 Å². The Morgan fingerprint density at radius 2 is 2.00 bits per heavy atom. The molecular weight excluding hydrogens is 186 g/mol. The Balaban J connectivity index is 1.90. The molecule has 0 amide bonds. The van der Waals surface area contributed by atoms with Crippen molar-refractivity contribution < 1.29 is 5.11 Å². The molecule has 1 atom stereocenters. The van der Waals surface area contributed by atoms with E-state index < -0.39 is 0 Å². The van der Waals surface area contributed by atoms with E-state index in [1.54, 1.807) is 0 Å². The van der Waals surface area contributed by atoms with E-state index in [2.05, 4.69) is 12.2 Å². The second kappa shape index (κ2) is 8.12. The van der Waals surface area contributed by atoms with Crippen LogP contribution in [0.25, 0.3) is 0 Å². The third-order valence-corrected chi connectivity index (χ3v) is 3.56. The molecule has 1 aliphatic carbocycles. The molecule has 90 valence electrons. The largest absolute Gasteiger partial charge is 0.396 e. The Hall–Kier alpha value is -0.0800. The van der Waals surface area contributed by atoms with Gasteiger partial charge in [0, 0.05) is 12.6 Å². The van der Waals surface area contributed by atoms with Gasteiger partial charge in [0.05, 0.1) is 0 Å². The number of aliphatic hydroxyl groups excluding tert-OH is 1. The molecule has 0 aliphatic heterocycles. The lowest BCUT2D eigenvalue weighted by molar-refractivity contribution is 0.282. The van der Waals surface area contributed by atoms with E-state index in [1.165, 1.54) is 38.5 Å². The summed E-state index contributed by atoms with van der Waals surface area (Å²) in [4.78, 5) is 0. The van der Waals surface area contributed by atoms with E-state index in [4.69, 9.17) is 5.11 Å². The minimum absolute atomic E-state index is 0.331. The van der Waals surface area contributed by atoms with Gasteiger partial charge in [-0.15, -0.1) is 0 Å². The summed E-state index contributed by atoms with van der Waals surface area (Å²) in [5.41, 5.74) is 0. The minimum Gasteiger partial charge on any atom is -0.396 e. The van der Waals surface area contributed by atoms with Crippen LogP contribution in [0.1, 0.15) is 58.3 Å². The van der Waals surface area contributed by atoms with Gasteiger partial charge < -0.3 is 10.4 Å². The van der Waals surface area contributed by atoms with Crippen molar-refractivity contribution in [3.63, 3.8) is 0 Å². The smallest absolute Gasteiger partial charge is 0.0431 e.